The number of thioether (sulfide) groups is 1. The quantitative estimate of drug-likeness (QED) is 0.728. The molecule has 2 heterocycles. The number of hydrogen-bond donors (Lipinski definition) is 0. The summed E-state index contributed by atoms with van der Waals surface area (Å²) in [6.45, 7) is 7.08. The van der Waals surface area contributed by atoms with Crippen molar-refractivity contribution in [2.75, 3.05) is 49.6 Å². The maximum atomic E-state index is 13.1. The molecule has 7 heteroatoms. The van der Waals surface area contributed by atoms with Crippen molar-refractivity contribution in [1.82, 2.24) is 4.90 Å². The van der Waals surface area contributed by atoms with E-state index < -0.39 is 0 Å². The molecule has 0 unspecified atom stereocenters. The Hall–Kier alpha value is -2.67. The number of carbonyl (C=O) groups excluding carboxylic acids is 2. The van der Waals surface area contributed by atoms with Crippen molar-refractivity contribution in [3.8, 4) is 5.75 Å². The first kappa shape index (κ1) is 21.6. The van der Waals surface area contributed by atoms with E-state index in [9.17, 15) is 9.59 Å². The van der Waals surface area contributed by atoms with Crippen molar-refractivity contribution in [2.24, 2.45) is 0 Å². The summed E-state index contributed by atoms with van der Waals surface area (Å²) in [5.41, 5.74) is 1.97. The van der Waals surface area contributed by atoms with Crippen molar-refractivity contribution in [1.29, 1.82) is 0 Å². The van der Waals surface area contributed by atoms with E-state index in [4.69, 9.17) is 4.74 Å². The average molecular weight is 440 g/mol. The first-order chi connectivity index (χ1) is 14.9. The van der Waals surface area contributed by atoms with Crippen LogP contribution < -0.4 is 14.5 Å². The van der Waals surface area contributed by atoms with Gasteiger partial charge in [0.1, 0.15) is 12.3 Å². The fourth-order valence-corrected chi connectivity index (χ4v) is 5.33. The minimum absolute atomic E-state index is 0.00207. The van der Waals surface area contributed by atoms with Gasteiger partial charge in [-0.25, -0.2) is 0 Å². The predicted octanol–water partition coefficient (Wildman–Crippen LogP) is 3.65. The molecule has 1 fully saturated rings. The van der Waals surface area contributed by atoms with E-state index in [2.05, 4.69) is 18.7 Å². The molecule has 6 nitrogen and oxygen atoms in total. The summed E-state index contributed by atoms with van der Waals surface area (Å²) < 4.78 is 5.03. The lowest BCUT2D eigenvalue weighted by atomic mass is 10.1. The van der Waals surface area contributed by atoms with Gasteiger partial charge in [0.15, 0.2) is 0 Å². The van der Waals surface area contributed by atoms with Gasteiger partial charge in [-0.15, -0.1) is 11.8 Å². The Kier molecular flexibility index (Phi) is 6.14. The summed E-state index contributed by atoms with van der Waals surface area (Å²) in [6, 6.07) is 15.9. The monoisotopic (exact) mass is 439 g/mol. The number of rotatable bonds is 4. The predicted molar refractivity (Wildman–Crippen MR) is 125 cm³/mol. The minimum Gasteiger partial charge on any atom is -0.497 e. The molecule has 164 valence electrons. The molecule has 0 spiro atoms. The number of anilines is 2. The van der Waals surface area contributed by atoms with Crippen LogP contribution in [0.4, 0.5) is 11.4 Å². The zero-order valence-corrected chi connectivity index (χ0v) is 19.2. The van der Waals surface area contributed by atoms with Gasteiger partial charge in [0.25, 0.3) is 0 Å². The van der Waals surface area contributed by atoms with Crippen LogP contribution in [0.2, 0.25) is 0 Å². The number of amides is 2. The number of ether oxygens (including phenoxy) is 1. The van der Waals surface area contributed by atoms with Crippen molar-refractivity contribution >= 4 is 35.0 Å². The summed E-state index contributed by atoms with van der Waals surface area (Å²) in [6.07, 6.45) is 0.408. The van der Waals surface area contributed by atoms with E-state index >= 15 is 0 Å². The zero-order chi connectivity index (χ0) is 22.0. The van der Waals surface area contributed by atoms with Gasteiger partial charge in [-0.05, 0) is 50.2 Å². The third-order valence-corrected chi connectivity index (χ3v) is 7.05. The second-order valence-electron chi connectivity index (χ2n) is 8.55. The molecular weight excluding hydrogens is 410 g/mol. The van der Waals surface area contributed by atoms with Gasteiger partial charge in [-0.3, -0.25) is 9.59 Å². The van der Waals surface area contributed by atoms with E-state index in [0.717, 1.165) is 35.1 Å². The third kappa shape index (κ3) is 4.82. The van der Waals surface area contributed by atoms with Crippen molar-refractivity contribution in [2.45, 2.75) is 29.9 Å². The lowest BCUT2D eigenvalue weighted by Crippen LogP contribution is -2.52. The van der Waals surface area contributed by atoms with Gasteiger partial charge in [0, 0.05) is 47.9 Å². The number of methoxy groups -OCH3 is 1. The molecule has 0 atom stereocenters. The van der Waals surface area contributed by atoms with Crippen molar-refractivity contribution in [3.05, 3.63) is 48.5 Å². The Morgan fingerprint density at radius 3 is 2.39 bits per heavy atom. The molecule has 0 aromatic heterocycles. The van der Waals surface area contributed by atoms with Gasteiger partial charge in [0.2, 0.25) is 11.8 Å². The molecule has 2 aliphatic heterocycles. The molecule has 0 N–H and O–H groups in total. The largest absolute Gasteiger partial charge is 0.497 e. The lowest BCUT2D eigenvalue weighted by molar-refractivity contribution is -0.131. The van der Waals surface area contributed by atoms with Crippen LogP contribution in [0.5, 0.6) is 5.75 Å². The van der Waals surface area contributed by atoms with Gasteiger partial charge in [-0.2, -0.15) is 0 Å². The first-order valence-electron chi connectivity index (χ1n) is 10.6. The molecule has 0 aliphatic carbocycles. The SMILES string of the molecule is COc1ccc(N2CCN(C(=O)CN3C(=O)CC(C)(C)Sc4ccccc43)CC2)cc1. The second-order valence-corrected chi connectivity index (χ2v) is 10.3. The molecule has 0 saturated carbocycles. The van der Waals surface area contributed by atoms with Crippen molar-refractivity contribution < 1.29 is 14.3 Å². The second kappa shape index (κ2) is 8.83. The number of hydrogen-bond acceptors (Lipinski definition) is 5. The minimum atomic E-state index is -0.199. The molecule has 2 aliphatic rings. The molecular formula is C24H29N3O3S. The van der Waals surface area contributed by atoms with Crippen LogP contribution in [-0.2, 0) is 9.59 Å². The highest BCUT2D eigenvalue weighted by molar-refractivity contribution is 8.00. The van der Waals surface area contributed by atoms with E-state index in [1.807, 2.05) is 53.4 Å². The van der Waals surface area contributed by atoms with Crippen LogP contribution in [0.3, 0.4) is 0 Å². The molecule has 4 rings (SSSR count). The van der Waals surface area contributed by atoms with Crippen LogP contribution in [0, 0.1) is 0 Å². The third-order valence-electron chi connectivity index (χ3n) is 5.78. The standard InChI is InChI=1S/C24H29N3O3S/c1-24(2)16-22(28)27(20-6-4-5-7-21(20)31-24)17-23(29)26-14-12-25(13-15-26)18-8-10-19(30-3)11-9-18/h4-11H,12-17H2,1-3H3. The van der Waals surface area contributed by atoms with E-state index in [-0.39, 0.29) is 23.1 Å². The normalized spacial score (nSPS) is 18.4. The number of piperazine rings is 1. The highest BCUT2D eigenvalue weighted by atomic mass is 32.2. The number of benzene rings is 2. The zero-order valence-electron chi connectivity index (χ0n) is 18.3. The molecule has 2 aromatic rings. The number of fused-ring (bicyclic) bond motifs is 1. The number of carbonyl (C=O) groups is 2. The highest BCUT2D eigenvalue weighted by Crippen LogP contribution is 2.43. The average Bonchev–Trinajstić information content (AvgIpc) is 2.86. The van der Waals surface area contributed by atoms with Crippen LogP contribution >= 0.6 is 11.8 Å². The summed E-state index contributed by atoms with van der Waals surface area (Å²) in [4.78, 5) is 33.0. The smallest absolute Gasteiger partial charge is 0.242 e. The number of para-hydroxylation sites is 1. The lowest BCUT2D eigenvalue weighted by Gasteiger charge is -2.37. The topological polar surface area (TPSA) is 53.1 Å². The summed E-state index contributed by atoms with van der Waals surface area (Å²) in [5, 5.41) is 0. The Labute approximate surface area is 188 Å². The summed E-state index contributed by atoms with van der Waals surface area (Å²) in [5.74, 6) is 0.844. The van der Waals surface area contributed by atoms with Crippen LogP contribution in [0.15, 0.2) is 53.4 Å². The van der Waals surface area contributed by atoms with Crippen LogP contribution in [-0.4, -0.2) is 61.3 Å². The molecule has 0 radical (unpaired) electrons. The van der Waals surface area contributed by atoms with Crippen molar-refractivity contribution in [3.63, 3.8) is 0 Å². The molecule has 1 saturated heterocycles. The van der Waals surface area contributed by atoms with Gasteiger partial charge in [-0.1, -0.05) is 12.1 Å². The molecule has 2 amide bonds. The fraction of sp³-hybridized carbons (Fsp3) is 0.417. The van der Waals surface area contributed by atoms with Gasteiger partial charge in [0.05, 0.1) is 12.8 Å². The van der Waals surface area contributed by atoms with Crippen LogP contribution in [0.1, 0.15) is 20.3 Å². The van der Waals surface area contributed by atoms with E-state index in [0.29, 0.717) is 19.5 Å². The number of nitrogens with zero attached hydrogens (tertiary/aromatic N) is 3. The Balaban J connectivity index is 1.42. The first-order valence-corrected chi connectivity index (χ1v) is 11.4. The van der Waals surface area contributed by atoms with E-state index in [1.165, 1.54) is 0 Å². The maximum absolute atomic E-state index is 13.1. The van der Waals surface area contributed by atoms with E-state index in [1.54, 1.807) is 23.8 Å². The summed E-state index contributed by atoms with van der Waals surface area (Å²) >= 11 is 1.70. The van der Waals surface area contributed by atoms with Gasteiger partial charge >= 0.3 is 0 Å². The Morgan fingerprint density at radius 1 is 1.03 bits per heavy atom. The maximum Gasteiger partial charge on any atom is 0.242 e. The molecule has 2 aromatic carbocycles. The molecule has 0 bridgehead atoms. The molecule has 31 heavy (non-hydrogen) atoms. The highest BCUT2D eigenvalue weighted by Gasteiger charge is 2.34. The van der Waals surface area contributed by atoms with Crippen LogP contribution in [0.25, 0.3) is 0 Å². The Morgan fingerprint density at radius 2 is 1.71 bits per heavy atom. The fourth-order valence-electron chi connectivity index (χ4n) is 4.11. The van der Waals surface area contributed by atoms with Gasteiger partial charge < -0.3 is 19.4 Å². The Bertz CT molecular complexity index is 953. The summed E-state index contributed by atoms with van der Waals surface area (Å²) in [7, 11) is 1.66.